The molecule has 0 spiro atoms. The first-order valence-corrected chi connectivity index (χ1v) is 10.3. The number of carbonyl (C=O) groups is 1. The van der Waals surface area contributed by atoms with Crippen molar-refractivity contribution >= 4 is 29.1 Å². The van der Waals surface area contributed by atoms with Crippen molar-refractivity contribution in [3.63, 3.8) is 0 Å². The molecular weight excluding hydrogens is 450 g/mol. The van der Waals surface area contributed by atoms with Gasteiger partial charge in [0.25, 0.3) is 0 Å². The van der Waals surface area contributed by atoms with Gasteiger partial charge >= 0.3 is 11.7 Å². The van der Waals surface area contributed by atoms with E-state index in [1.54, 1.807) is 37.4 Å². The molecule has 11 heteroatoms. The number of carboxylic acids is 1. The van der Waals surface area contributed by atoms with E-state index in [0.717, 1.165) is 17.3 Å². The molecule has 2 aromatic heterocycles. The summed E-state index contributed by atoms with van der Waals surface area (Å²) in [4.78, 5) is 37.0. The molecule has 10 nitrogen and oxygen atoms in total. The second-order valence-electron chi connectivity index (χ2n) is 7.32. The number of anilines is 1. The standard InChI is InChI=1S/C22H22ClN5O5/c1-13-10-24-16(14(2)19(13)33-3)12-27(20-18(28(31)32)11-25-22(23)26-20)17(21(29)30)9-15-7-5-4-6-8-15/h4-8,10-11,17H,9,12H2,1-3H3,(H,29,30)/t17-/m1/s1. The summed E-state index contributed by atoms with van der Waals surface area (Å²) in [6, 6.07) is 7.77. The highest BCUT2D eigenvalue weighted by atomic mass is 35.5. The number of ether oxygens (including phenoxy) is 1. The van der Waals surface area contributed by atoms with Gasteiger partial charge in [0.2, 0.25) is 11.1 Å². The summed E-state index contributed by atoms with van der Waals surface area (Å²) >= 11 is 5.96. The van der Waals surface area contributed by atoms with Crippen molar-refractivity contribution in [2.75, 3.05) is 12.0 Å². The molecular formula is C22H22ClN5O5. The van der Waals surface area contributed by atoms with Crippen LogP contribution in [0.1, 0.15) is 22.4 Å². The molecule has 0 bridgehead atoms. The highest BCUT2D eigenvalue weighted by molar-refractivity contribution is 6.28. The van der Waals surface area contributed by atoms with Crippen LogP contribution in [-0.2, 0) is 17.8 Å². The van der Waals surface area contributed by atoms with Gasteiger partial charge in [-0.25, -0.2) is 9.78 Å². The van der Waals surface area contributed by atoms with Crippen molar-refractivity contribution in [1.29, 1.82) is 0 Å². The maximum atomic E-state index is 12.4. The van der Waals surface area contributed by atoms with Crippen molar-refractivity contribution in [2.24, 2.45) is 0 Å². The number of rotatable bonds is 9. The first kappa shape index (κ1) is 23.9. The maximum Gasteiger partial charge on any atom is 0.329 e. The summed E-state index contributed by atoms with van der Waals surface area (Å²) in [7, 11) is 1.53. The fourth-order valence-corrected chi connectivity index (χ4v) is 3.71. The van der Waals surface area contributed by atoms with Gasteiger partial charge in [0.05, 0.1) is 24.3 Å². The molecule has 0 amide bonds. The lowest BCUT2D eigenvalue weighted by atomic mass is 10.0. The van der Waals surface area contributed by atoms with Crippen molar-refractivity contribution < 1.29 is 19.6 Å². The normalized spacial score (nSPS) is 11.6. The molecule has 2 heterocycles. The lowest BCUT2D eigenvalue weighted by Gasteiger charge is -2.30. The number of methoxy groups -OCH3 is 1. The molecule has 3 aromatic rings. The Labute approximate surface area is 195 Å². The van der Waals surface area contributed by atoms with Crippen molar-refractivity contribution in [3.05, 3.63) is 80.5 Å². The fraction of sp³-hybridized carbons (Fsp3) is 0.273. The largest absolute Gasteiger partial charge is 0.496 e. The average Bonchev–Trinajstić information content (AvgIpc) is 2.78. The third-order valence-electron chi connectivity index (χ3n) is 5.19. The number of hydrogen-bond donors (Lipinski definition) is 1. The van der Waals surface area contributed by atoms with Gasteiger partial charge in [-0.05, 0) is 31.0 Å². The zero-order valence-corrected chi connectivity index (χ0v) is 19.0. The van der Waals surface area contributed by atoms with Crippen LogP contribution in [0.2, 0.25) is 5.28 Å². The van der Waals surface area contributed by atoms with Gasteiger partial charge in [-0.2, -0.15) is 4.98 Å². The predicted molar refractivity (Wildman–Crippen MR) is 122 cm³/mol. The summed E-state index contributed by atoms with van der Waals surface area (Å²) in [5.74, 6) is -0.784. The van der Waals surface area contributed by atoms with E-state index in [-0.39, 0.29) is 24.1 Å². The van der Waals surface area contributed by atoms with Crippen LogP contribution in [0.4, 0.5) is 11.5 Å². The van der Waals surface area contributed by atoms with Gasteiger partial charge in [-0.15, -0.1) is 0 Å². The Morgan fingerprint density at radius 3 is 2.55 bits per heavy atom. The highest BCUT2D eigenvalue weighted by Gasteiger charge is 2.34. The molecule has 1 aromatic carbocycles. The number of pyridine rings is 1. The first-order valence-electron chi connectivity index (χ1n) is 9.92. The van der Waals surface area contributed by atoms with Crippen LogP contribution in [-0.4, -0.2) is 44.1 Å². The van der Waals surface area contributed by atoms with Crippen molar-refractivity contribution in [1.82, 2.24) is 15.0 Å². The van der Waals surface area contributed by atoms with Gasteiger partial charge < -0.3 is 14.7 Å². The molecule has 0 aliphatic carbocycles. The van der Waals surface area contributed by atoms with E-state index in [4.69, 9.17) is 16.3 Å². The minimum Gasteiger partial charge on any atom is -0.496 e. The summed E-state index contributed by atoms with van der Waals surface area (Å²) in [5, 5.41) is 21.6. The van der Waals surface area contributed by atoms with Crippen molar-refractivity contribution in [2.45, 2.75) is 32.9 Å². The maximum absolute atomic E-state index is 12.4. The molecule has 0 radical (unpaired) electrons. The quantitative estimate of drug-likeness (QED) is 0.281. The van der Waals surface area contributed by atoms with E-state index in [1.165, 1.54) is 12.0 Å². The molecule has 172 valence electrons. The zero-order valence-electron chi connectivity index (χ0n) is 18.2. The minimum absolute atomic E-state index is 0.0665. The molecule has 0 aliphatic heterocycles. The number of aromatic nitrogens is 3. The number of nitrogens with zero attached hydrogens (tertiary/aromatic N) is 5. The Morgan fingerprint density at radius 1 is 1.24 bits per heavy atom. The molecule has 33 heavy (non-hydrogen) atoms. The van der Waals surface area contributed by atoms with Gasteiger partial charge in [-0.1, -0.05) is 30.3 Å². The Balaban J connectivity index is 2.17. The first-order chi connectivity index (χ1) is 15.7. The Morgan fingerprint density at radius 2 is 1.94 bits per heavy atom. The smallest absolute Gasteiger partial charge is 0.329 e. The molecule has 0 aliphatic rings. The zero-order chi connectivity index (χ0) is 24.1. The van der Waals surface area contributed by atoms with Crippen molar-refractivity contribution in [3.8, 4) is 5.75 Å². The van der Waals surface area contributed by atoms with E-state index in [2.05, 4.69) is 15.0 Å². The van der Waals surface area contributed by atoms with E-state index in [1.807, 2.05) is 13.0 Å². The van der Waals surface area contributed by atoms with Crippen LogP contribution in [0.3, 0.4) is 0 Å². The third-order valence-corrected chi connectivity index (χ3v) is 5.37. The summed E-state index contributed by atoms with van der Waals surface area (Å²) < 4.78 is 5.46. The van der Waals surface area contributed by atoms with Gasteiger partial charge in [0.15, 0.2) is 0 Å². The molecule has 0 saturated heterocycles. The van der Waals surface area contributed by atoms with Crippen LogP contribution in [0.5, 0.6) is 5.75 Å². The minimum atomic E-state index is -1.20. The van der Waals surface area contributed by atoms with Crippen LogP contribution in [0.15, 0.2) is 42.7 Å². The third kappa shape index (κ3) is 5.35. The Bertz CT molecular complexity index is 1180. The van der Waals surface area contributed by atoms with Gasteiger partial charge in [0.1, 0.15) is 18.0 Å². The average molecular weight is 472 g/mol. The monoisotopic (exact) mass is 471 g/mol. The number of halogens is 1. The van der Waals surface area contributed by atoms with Crippen LogP contribution in [0.25, 0.3) is 0 Å². The number of carboxylic acid groups (broad SMARTS) is 1. The number of hydrogen-bond acceptors (Lipinski definition) is 8. The predicted octanol–water partition coefficient (Wildman–Crippen LogP) is 3.76. The summed E-state index contributed by atoms with van der Waals surface area (Å²) in [6.45, 7) is 3.55. The molecule has 0 fully saturated rings. The lowest BCUT2D eigenvalue weighted by molar-refractivity contribution is -0.384. The van der Waals surface area contributed by atoms with Gasteiger partial charge in [0, 0.05) is 23.7 Å². The fourth-order valence-electron chi connectivity index (χ4n) is 3.58. The lowest BCUT2D eigenvalue weighted by Crippen LogP contribution is -2.43. The number of nitro groups is 1. The van der Waals surface area contributed by atoms with Crippen LogP contribution < -0.4 is 9.64 Å². The van der Waals surface area contributed by atoms with E-state index in [9.17, 15) is 20.0 Å². The van der Waals surface area contributed by atoms with Crippen LogP contribution >= 0.6 is 11.6 Å². The molecule has 1 atom stereocenters. The summed E-state index contributed by atoms with van der Waals surface area (Å²) in [5.41, 5.74) is 2.26. The SMILES string of the molecule is COc1c(C)cnc(CN(c2nc(Cl)ncc2[N+](=O)[O-])[C@H](Cc2ccccc2)C(=O)O)c1C. The van der Waals surface area contributed by atoms with Gasteiger partial charge in [-0.3, -0.25) is 15.1 Å². The Hall–Kier alpha value is -3.79. The Kier molecular flexibility index (Phi) is 7.39. The topological polar surface area (TPSA) is 132 Å². The number of benzene rings is 1. The second-order valence-corrected chi connectivity index (χ2v) is 7.66. The second kappa shape index (κ2) is 10.2. The number of aryl methyl sites for hydroxylation is 1. The number of aliphatic carboxylic acids is 1. The molecule has 0 unspecified atom stereocenters. The highest BCUT2D eigenvalue weighted by Crippen LogP contribution is 2.32. The van der Waals surface area contributed by atoms with E-state index < -0.39 is 22.6 Å². The molecule has 3 rings (SSSR count). The van der Waals surface area contributed by atoms with E-state index >= 15 is 0 Å². The molecule has 0 saturated carbocycles. The van der Waals surface area contributed by atoms with Crippen LogP contribution in [0, 0.1) is 24.0 Å². The summed E-state index contributed by atoms with van der Waals surface area (Å²) in [6.07, 6.45) is 2.64. The van der Waals surface area contributed by atoms with E-state index in [0.29, 0.717) is 17.0 Å². The molecule has 1 N–H and O–H groups in total.